The van der Waals surface area contributed by atoms with Crippen molar-refractivity contribution in [2.45, 2.75) is 38.1 Å². The number of amides is 1. The van der Waals surface area contributed by atoms with Gasteiger partial charge in [-0.25, -0.2) is 4.98 Å². The van der Waals surface area contributed by atoms with Gasteiger partial charge in [-0.05, 0) is 80.0 Å². The van der Waals surface area contributed by atoms with Crippen LogP contribution in [0.5, 0.6) is 0 Å². The third-order valence-corrected chi connectivity index (χ3v) is 8.23. The number of pyridine rings is 1. The summed E-state index contributed by atoms with van der Waals surface area (Å²) in [7, 11) is 0. The van der Waals surface area contributed by atoms with E-state index in [1.54, 1.807) is 6.20 Å². The average Bonchev–Trinajstić information content (AvgIpc) is 2.82. The van der Waals surface area contributed by atoms with Gasteiger partial charge in [0.05, 0.1) is 24.5 Å². The zero-order valence-electron chi connectivity index (χ0n) is 19.0. The first-order chi connectivity index (χ1) is 16.1. The Morgan fingerprint density at radius 3 is 2.30 bits per heavy atom. The fourth-order valence-electron chi connectivity index (χ4n) is 6.90. The van der Waals surface area contributed by atoms with Gasteiger partial charge in [0, 0.05) is 42.8 Å². The standard InChI is InChI=1S/C26H33N5O2/c27-26(32)22-15-28-24(29-20-1-3-21(4-2-20)31-5-7-33-8-6-31)14-23(22)30-25-18-10-16-9-17(12-18)13-19(25)11-16/h1-4,14-19,25H,5-13H2,(H2,27,32)(H2,28,29,30). The van der Waals surface area contributed by atoms with Crippen molar-refractivity contribution in [3.63, 3.8) is 0 Å². The van der Waals surface area contributed by atoms with Crippen LogP contribution in [-0.4, -0.2) is 43.2 Å². The number of hydrogen-bond donors (Lipinski definition) is 3. The number of carbonyl (C=O) groups excluding carboxylic acids is 1. The quantitative estimate of drug-likeness (QED) is 0.620. The minimum absolute atomic E-state index is 0.430. The van der Waals surface area contributed by atoms with Crippen LogP contribution in [0.25, 0.3) is 0 Å². The topological polar surface area (TPSA) is 92.5 Å². The van der Waals surface area contributed by atoms with E-state index < -0.39 is 5.91 Å². The van der Waals surface area contributed by atoms with Gasteiger partial charge in [-0.15, -0.1) is 0 Å². The number of nitrogens with two attached hydrogens (primary N) is 1. The molecule has 0 unspecified atom stereocenters. The van der Waals surface area contributed by atoms with Gasteiger partial charge in [0.1, 0.15) is 5.82 Å². The Kier molecular flexibility index (Phi) is 5.37. The molecule has 4 saturated carbocycles. The molecule has 1 amide bonds. The van der Waals surface area contributed by atoms with Gasteiger partial charge in [-0.1, -0.05) is 0 Å². The van der Waals surface area contributed by atoms with Gasteiger partial charge in [0.25, 0.3) is 5.91 Å². The first-order valence-electron chi connectivity index (χ1n) is 12.4. The highest BCUT2D eigenvalue weighted by Crippen LogP contribution is 2.54. The fraction of sp³-hybridized carbons (Fsp3) is 0.538. The average molecular weight is 448 g/mol. The van der Waals surface area contributed by atoms with E-state index >= 15 is 0 Å². The Balaban J connectivity index is 1.19. The van der Waals surface area contributed by atoms with Gasteiger partial charge < -0.3 is 26.0 Å². The lowest BCUT2D eigenvalue weighted by Crippen LogP contribution is -2.51. The molecular formula is C26H33N5O2. The molecule has 4 aliphatic carbocycles. The highest BCUT2D eigenvalue weighted by molar-refractivity contribution is 5.98. The number of rotatable bonds is 6. The van der Waals surface area contributed by atoms with Crippen molar-refractivity contribution in [1.82, 2.24) is 4.98 Å². The number of benzene rings is 1. The third-order valence-electron chi connectivity index (χ3n) is 8.23. The Hall–Kier alpha value is -2.80. The predicted octanol–water partition coefficient (Wildman–Crippen LogP) is 4.00. The SMILES string of the molecule is NC(=O)c1cnc(Nc2ccc(N3CCOCC3)cc2)cc1NC1C2CC3CC(C2)CC1C3. The molecular weight excluding hydrogens is 414 g/mol. The fourth-order valence-corrected chi connectivity index (χ4v) is 6.90. The molecule has 1 saturated heterocycles. The molecule has 2 aromatic rings. The molecule has 7 heteroatoms. The highest BCUT2D eigenvalue weighted by atomic mass is 16.5. The normalized spacial score (nSPS) is 30.3. The second-order valence-corrected chi connectivity index (χ2v) is 10.4. The lowest BCUT2D eigenvalue weighted by atomic mass is 9.54. The van der Waals surface area contributed by atoms with Crippen molar-refractivity contribution in [3.05, 3.63) is 42.1 Å². The van der Waals surface area contributed by atoms with Gasteiger partial charge in [0.2, 0.25) is 0 Å². The molecule has 7 rings (SSSR count). The summed E-state index contributed by atoms with van der Waals surface area (Å²) in [5, 5.41) is 7.15. The molecule has 1 aromatic carbocycles. The summed E-state index contributed by atoms with van der Waals surface area (Å²) >= 11 is 0. The second kappa shape index (κ2) is 8.52. The maximum absolute atomic E-state index is 12.1. The summed E-state index contributed by atoms with van der Waals surface area (Å²) in [6.07, 6.45) is 8.32. The first-order valence-corrected chi connectivity index (χ1v) is 12.4. The van der Waals surface area contributed by atoms with E-state index in [1.807, 2.05) is 6.07 Å². The molecule has 1 aliphatic heterocycles. The smallest absolute Gasteiger partial charge is 0.252 e. The molecule has 0 radical (unpaired) electrons. The van der Waals surface area contributed by atoms with E-state index in [-0.39, 0.29) is 0 Å². The predicted molar refractivity (Wildman–Crippen MR) is 130 cm³/mol. The Bertz CT molecular complexity index is 990. The second-order valence-electron chi connectivity index (χ2n) is 10.4. The van der Waals surface area contributed by atoms with Gasteiger partial charge in [0.15, 0.2) is 0 Å². The molecule has 4 N–H and O–H groups in total. The molecule has 0 atom stereocenters. The molecule has 2 heterocycles. The zero-order valence-corrected chi connectivity index (χ0v) is 19.0. The Labute approximate surface area is 195 Å². The van der Waals surface area contributed by atoms with E-state index in [2.05, 4.69) is 44.8 Å². The maximum atomic E-state index is 12.1. The molecule has 0 spiro atoms. The van der Waals surface area contributed by atoms with Crippen molar-refractivity contribution < 1.29 is 9.53 Å². The van der Waals surface area contributed by atoms with Crippen LogP contribution in [0.3, 0.4) is 0 Å². The maximum Gasteiger partial charge on any atom is 0.252 e. The minimum Gasteiger partial charge on any atom is -0.381 e. The molecule has 7 nitrogen and oxygen atoms in total. The van der Waals surface area contributed by atoms with Crippen LogP contribution in [0, 0.1) is 23.7 Å². The minimum atomic E-state index is -0.435. The summed E-state index contributed by atoms with van der Waals surface area (Å²) in [5.41, 5.74) is 9.14. The Morgan fingerprint density at radius 2 is 1.67 bits per heavy atom. The van der Waals surface area contributed by atoms with E-state index in [4.69, 9.17) is 10.5 Å². The van der Waals surface area contributed by atoms with E-state index in [1.165, 1.54) is 37.8 Å². The molecule has 33 heavy (non-hydrogen) atoms. The summed E-state index contributed by atoms with van der Waals surface area (Å²) < 4.78 is 5.45. The molecule has 5 fully saturated rings. The van der Waals surface area contributed by atoms with Crippen molar-refractivity contribution in [2.75, 3.05) is 41.8 Å². The molecule has 1 aromatic heterocycles. The first kappa shape index (κ1) is 20.8. The third kappa shape index (κ3) is 4.14. The molecule has 4 bridgehead atoms. The number of ether oxygens (including phenoxy) is 1. The van der Waals surface area contributed by atoms with E-state index in [0.717, 1.165) is 49.5 Å². The zero-order chi connectivity index (χ0) is 22.4. The van der Waals surface area contributed by atoms with Gasteiger partial charge >= 0.3 is 0 Å². The van der Waals surface area contributed by atoms with Crippen LogP contribution in [0.2, 0.25) is 0 Å². The lowest BCUT2D eigenvalue weighted by molar-refractivity contribution is 0.00751. The Morgan fingerprint density at radius 1 is 1.00 bits per heavy atom. The summed E-state index contributed by atoms with van der Waals surface area (Å²) in [6, 6.07) is 10.8. The van der Waals surface area contributed by atoms with Crippen LogP contribution in [-0.2, 0) is 4.74 Å². The number of morpholine rings is 1. The van der Waals surface area contributed by atoms with Crippen LogP contribution in [0.1, 0.15) is 42.5 Å². The van der Waals surface area contributed by atoms with Crippen molar-refractivity contribution in [3.8, 4) is 0 Å². The number of nitrogens with zero attached hydrogens (tertiary/aromatic N) is 2. The number of hydrogen-bond acceptors (Lipinski definition) is 6. The van der Waals surface area contributed by atoms with E-state index in [9.17, 15) is 4.79 Å². The van der Waals surface area contributed by atoms with Crippen molar-refractivity contribution in [1.29, 1.82) is 0 Å². The van der Waals surface area contributed by atoms with Crippen LogP contribution >= 0.6 is 0 Å². The summed E-state index contributed by atoms with van der Waals surface area (Å²) in [5.74, 6) is 3.52. The lowest BCUT2D eigenvalue weighted by Gasteiger charge is -2.54. The van der Waals surface area contributed by atoms with Gasteiger partial charge in [-0.2, -0.15) is 0 Å². The van der Waals surface area contributed by atoms with Crippen molar-refractivity contribution in [2.24, 2.45) is 29.4 Å². The highest BCUT2D eigenvalue weighted by Gasteiger charge is 2.48. The monoisotopic (exact) mass is 447 g/mol. The van der Waals surface area contributed by atoms with Crippen LogP contribution in [0.4, 0.5) is 22.9 Å². The largest absolute Gasteiger partial charge is 0.381 e. The number of anilines is 4. The molecule has 5 aliphatic rings. The van der Waals surface area contributed by atoms with Crippen LogP contribution < -0.4 is 21.3 Å². The summed E-state index contributed by atoms with van der Waals surface area (Å²) in [6.45, 7) is 3.39. The number of primary amides is 1. The summed E-state index contributed by atoms with van der Waals surface area (Å²) in [4.78, 5) is 18.9. The number of nitrogens with one attached hydrogen (secondary N) is 2. The van der Waals surface area contributed by atoms with E-state index in [0.29, 0.717) is 29.3 Å². The molecule has 174 valence electrons. The van der Waals surface area contributed by atoms with Gasteiger partial charge in [-0.3, -0.25) is 4.79 Å². The number of carbonyl (C=O) groups is 1. The van der Waals surface area contributed by atoms with Crippen molar-refractivity contribution >= 4 is 28.8 Å². The number of aromatic nitrogens is 1. The van der Waals surface area contributed by atoms with Crippen LogP contribution in [0.15, 0.2) is 36.5 Å².